The first kappa shape index (κ1) is 25.9. The van der Waals surface area contributed by atoms with Gasteiger partial charge in [-0.25, -0.2) is 0 Å². The highest BCUT2D eigenvalue weighted by Gasteiger charge is 2.41. The largest absolute Gasteiger partial charge is 0.392 e. The van der Waals surface area contributed by atoms with Crippen LogP contribution in [0.1, 0.15) is 78.1 Å². The van der Waals surface area contributed by atoms with Crippen LogP contribution in [0.15, 0.2) is 47.6 Å². The van der Waals surface area contributed by atoms with Gasteiger partial charge < -0.3 is 19.7 Å². The van der Waals surface area contributed by atoms with E-state index in [2.05, 4.69) is 25.3 Å². The SMILES string of the molecule is C=C(C)[C@@H]1CC[C@H]([C@H]2CC/C(=C/CC/C=C3/CC[C@H]([C@H]4CC[C@@H](C(=C)C)[C@@H]4O)OC3)CO2)[C@H]1O. The standard InChI is InChI=1S/C30H46O4/c1-19(2)23-11-13-25(29(23)31)27-15-9-21(17-33-27)7-5-6-8-22-10-16-28(34-18-22)26-14-12-24(20(3)4)30(26)32/h7-8,23-32H,1,3,5-6,9-18H2,2,4H3/b21-7-,22-8-/t23-,24-,25+,26+,27+,28+,29-,30-/m0/s1. The number of unbranched alkanes of at least 4 members (excludes halogenated alkanes) is 1. The molecule has 4 heteroatoms. The van der Waals surface area contributed by atoms with Crippen LogP contribution in [0.5, 0.6) is 0 Å². The lowest BCUT2D eigenvalue weighted by molar-refractivity contribution is -0.0395. The van der Waals surface area contributed by atoms with E-state index in [1.807, 2.05) is 13.8 Å². The Balaban J connectivity index is 1.15. The summed E-state index contributed by atoms with van der Waals surface area (Å²) in [5.41, 5.74) is 5.01. The molecule has 0 aromatic rings. The molecule has 0 aromatic carbocycles. The van der Waals surface area contributed by atoms with E-state index in [1.165, 1.54) is 11.1 Å². The van der Waals surface area contributed by atoms with Crippen molar-refractivity contribution in [2.24, 2.45) is 23.7 Å². The zero-order valence-corrected chi connectivity index (χ0v) is 21.4. The van der Waals surface area contributed by atoms with E-state index in [0.717, 1.165) is 75.4 Å². The summed E-state index contributed by atoms with van der Waals surface area (Å²) < 4.78 is 12.4. The Morgan fingerprint density at radius 3 is 1.44 bits per heavy atom. The summed E-state index contributed by atoms with van der Waals surface area (Å²) in [7, 11) is 0. The molecule has 4 aliphatic rings. The van der Waals surface area contributed by atoms with Crippen molar-refractivity contribution in [3.05, 3.63) is 47.6 Å². The Morgan fingerprint density at radius 1 is 0.735 bits per heavy atom. The molecule has 190 valence electrons. The average molecular weight is 471 g/mol. The summed E-state index contributed by atoms with van der Waals surface area (Å²) in [6.45, 7) is 13.6. The third-order valence-electron chi connectivity index (χ3n) is 9.04. The van der Waals surface area contributed by atoms with Gasteiger partial charge in [0.25, 0.3) is 0 Å². The van der Waals surface area contributed by atoms with Crippen LogP contribution in [0.2, 0.25) is 0 Å². The van der Waals surface area contributed by atoms with Crippen LogP contribution in [0.3, 0.4) is 0 Å². The highest BCUT2D eigenvalue weighted by molar-refractivity contribution is 5.12. The van der Waals surface area contributed by atoms with Crippen LogP contribution in [0.4, 0.5) is 0 Å². The Hall–Kier alpha value is -1.20. The molecule has 2 aliphatic carbocycles. The molecule has 0 radical (unpaired) electrons. The fraction of sp³-hybridized carbons (Fsp3) is 0.733. The lowest BCUT2D eigenvalue weighted by Gasteiger charge is -2.32. The maximum absolute atomic E-state index is 10.7. The molecule has 8 atom stereocenters. The van der Waals surface area contributed by atoms with Crippen LogP contribution in [0.25, 0.3) is 0 Å². The molecule has 4 nitrogen and oxygen atoms in total. The Morgan fingerprint density at radius 2 is 1.15 bits per heavy atom. The summed E-state index contributed by atoms with van der Waals surface area (Å²) in [4.78, 5) is 0. The van der Waals surface area contributed by atoms with E-state index in [0.29, 0.717) is 13.2 Å². The summed E-state index contributed by atoms with van der Waals surface area (Å²) in [6, 6.07) is 0. The summed E-state index contributed by atoms with van der Waals surface area (Å²) in [5, 5.41) is 21.3. The molecule has 4 fully saturated rings. The van der Waals surface area contributed by atoms with Crippen molar-refractivity contribution in [2.45, 2.75) is 102 Å². The van der Waals surface area contributed by atoms with Gasteiger partial charge in [-0.15, -0.1) is 0 Å². The van der Waals surface area contributed by atoms with E-state index in [-0.39, 0.29) is 48.1 Å². The normalized spacial score (nSPS) is 41.3. The first-order chi connectivity index (χ1) is 16.3. The van der Waals surface area contributed by atoms with Gasteiger partial charge in [0.05, 0.1) is 37.6 Å². The van der Waals surface area contributed by atoms with Crippen LogP contribution in [0, 0.1) is 23.7 Å². The van der Waals surface area contributed by atoms with Gasteiger partial charge in [-0.05, 0) is 89.2 Å². The molecule has 34 heavy (non-hydrogen) atoms. The topological polar surface area (TPSA) is 58.9 Å². The summed E-state index contributed by atoms with van der Waals surface area (Å²) in [5.74, 6) is 1.02. The van der Waals surface area contributed by atoms with E-state index >= 15 is 0 Å². The minimum absolute atomic E-state index is 0.190. The van der Waals surface area contributed by atoms with Crippen molar-refractivity contribution in [3.63, 3.8) is 0 Å². The molecule has 2 saturated carbocycles. The molecule has 0 unspecified atom stereocenters. The van der Waals surface area contributed by atoms with Gasteiger partial charge in [-0.3, -0.25) is 0 Å². The molecule has 0 aromatic heterocycles. The third kappa shape index (κ3) is 5.95. The molecular weight excluding hydrogens is 424 g/mol. The Labute approximate surface area is 206 Å². The van der Waals surface area contributed by atoms with Gasteiger partial charge in [-0.1, -0.05) is 36.5 Å². The van der Waals surface area contributed by atoms with E-state index in [9.17, 15) is 10.2 Å². The quantitative estimate of drug-likeness (QED) is 0.359. The van der Waals surface area contributed by atoms with E-state index in [4.69, 9.17) is 9.47 Å². The maximum atomic E-state index is 10.7. The van der Waals surface area contributed by atoms with Crippen LogP contribution < -0.4 is 0 Å². The minimum atomic E-state index is -0.290. The predicted octanol–water partition coefficient (Wildman–Crippen LogP) is 5.90. The molecule has 0 bridgehead atoms. The number of hydrogen-bond acceptors (Lipinski definition) is 4. The molecule has 2 N–H and O–H groups in total. The predicted molar refractivity (Wildman–Crippen MR) is 137 cm³/mol. The minimum Gasteiger partial charge on any atom is -0.392 e. The van der Waals surface area contributed by atoms with Gasteiger partial charge in [0.2, 0.25) is 0 Å². The Kier molecular flexibility index (Phi) is 8.90. The second-order valence-corrected chi connectivity index (χ2v) is 11.4. The number of aliphatic hydroxyl groups excluding tert-OH is 2. The lowest BCUT2D eigenvalue weighted by Crippen LogP contribution is -2.35. The van der Waals surface area contributed by atoms with Crippen molar-refractivity contribution in [1.82, 2.24) is 0 Å². The van der Waals surface area contributed by atoms with Gasteiger partial charge in [0, 0.05) is 23.7 Å². The Bertz CT molecular complexity index is 710. The molecule has 4 rings (SSSR count). The number of allylic oxidation sites excluding steroid dienone is 2. The molecule has 2 heterocycles. The maximum Gasteiger partial charge on any atom is 0.0680 e. The fourth-order valence-corrected chi connectivity index (χ4v) is 6.88. The zero-order chi connectivity index (χ0) is 24.2. The van der Waals surface area contributed by atoms with E-state index in [1.54, 1.807) is 0 Å². The third-order valence-corrected chi connectivity index (χ3v) is 9.04. The second-order valence-electron chi connectivity index (χ2n) is 11.4. The first-order valence-corrected chi connectivity index (χ1v) is 13.6. The molecular formula is C30H46O4. The number of aliphatic hydroxyl groups is 2. The molecule has 2 aliphatic heterocycles. The highest BCUT2D eigenvalue weighted by Crippen LogP contribution is 2.42. The van der Waals surface area contributed by atoms with Gasteiger partial charge in [-0.2, -0.15) is 0 Å². The molecule has 0 amide bonds. The van der Waals surface area contributed by atoms with Gasteiger partial charge in [0.1, 0.15) is 0 Å². The highest BCUT2D eigenvalue weighted by atomic mass is 16.5. The van der Waals surface area contributed by atoms with Crippen LogP contribution in [-0.2, 0) is 9.47 Å². The van der Waals surface area contributed by atoms with E-state index < -0.39 is 0 Å². The lowest BCUT2D eigenvalue weighted by atomic mass is 9.88. The smallest absolute Gasteiger partial charge is 0.0680 e. The van der Waals surface area contributed by atoms with Crippen molar-refractivity contribution in [2.75, 3.05) is 13.2 Å². The zero-order valence-electron chi connectivity index (χ0n) is 21.4. The van der Waals surface area contributed by atoms with Crippen molar-refractivity contribution in [1.29, 1.82) is 0 Å². The van der Waals surface area contributed by atoms with Gasteiger partial charge >= 0.3 is 0 Å². The fourth-order valence-electron chi connectivity index (χ4n) is 6.88. The molecule has 2 saturated heterocycles. The average Bonchev–Trinajstić information content (AvgIpc) is 3.40. The van der Waals surface area contributed by atoms with Crippen molar-refractivity contribution in [3.8, 4) is 0 Å². The number of hydrogen-bond donors (Lipinski definition) is 2. The van der Waals surface area contributed by atoms with Gasteiger partial charge in [0.15, 0.2) is 0 Å². The second kappa shape index (κ2) is 11.7. The van der Waals surface area contributed by atoms with Crippen LogP contribution in [-0.4, -0.2) is 47.8 Å². The first-order valence-electron chi connectivity index (χ1n) is 13.6. The summed E-state index contributed by atoms with van der Waals surface area (Å²) in [6.07, 6.45) is 15.0. The number of rotatable bonds is 7. The summed E-state index contributed by atoms with van der Waals surface area (Å²) >= 11 is 0. The van der Waals surface area contributed by atoms with Crippen molar-refractivity contribution < 1.29 is 19.7 Å². The molecule has 0 spiro atoms. The number of ether oxygens (including phenoxy) is 2. The van der Waals surface area contributed by atoms with Crippen molar-refractivity contribution >= 4 is 0 Å². The monoisotopic (exact) mass is 470 g/mol. The van der Waals surface area contributed by atoms with Crippen LogP contribution >= 0.6 is 0 Å².